The van der Waals surface area contributed by atoms with Crippen LogP contribution in [0.1, 0.15) is 16.1 Å². The molecular weight excluding hydrogens is 276 g/mol. The van der Waals surface area contributed by atoms with Crippen molar-refractivity contribution in [2.45, 2.75) is 6.42 Å². The summed E-state index contributed by atoms with van der Waals surface area (Å²) in [5, 5.41) is 3.51. The molecule has 0 aliphatic rings. The number of anilines is 1. The number of carbonyl (C=O) groups excluding carboxylic acids is 1. The van der Waals surface area contributed by atoms with Gasteiger partial charge < -0.3 is 10.7 Å². The number of nitrogens with one attached hydrogen (secondary N) is 2. The second-order valence-corrected chi connectivity index (χ2v) is 4.64. The fourth-order valence-corrected chi connectivity index (χ4v) is 1.83. The van der Waals surface area contributed by atoms with Crippen LogP contribution in [0.3, 0.4) is 0 Å². The first-order valence-electron chi connectivity index (χ1n) is 6.14. The van der Waals surface area contributed by atoms with E-state index in [0.29, 0.717) is 22.9 Å². The molecule has 0 aliphatic heterocycles. The topological polar surface area (TPSA) is 80.0 Å². The van der Waals surface area contributed by atoms with Crippen LogP contribution < -0.4 is 16.6 Å². The summed E-state index contributed by atoms with van der Waals surface area (Å²) in [6.07, 6.45) is 2.26. The van der Waals surface area contributed by atoms with E-state index in [4.69, 9.17) is 17.4 Å². The predicted octanol–water partition coefficient (Wildman–Crippen LogP) is 1.99. The van der Waals surface area contributed by atoms with E-state index in [0.717, 1.165) is 12.0 Å². The molecule has 20 heavy (non-hydrogen) atoms. The van der Waals surface area contributed by atoms with E-state index in [1.165, 1.54) is 6.20 Å². The third kappa shape index (κ3) is 3.94. The summed E-state index contributed by atoms with van der Waals surface area (Å²) in [4.78, 5) is 15.9. The first kappa shape index (κ1) is 14.3. The van der Waals surface area contributed by atoms with Crippen LogP contribution in [-0.4, -0.2) is 17.4 Å². The molecule has 1 aromatic heterocycles. The molecule has 4 N–H and O–H groups in total. The number of nitrogen functional groups attached to an aromatic ring is 1. The zero-order chi connectivity index (χ0) is 14.4. The number of hydrogen-bond donors (Lipinski definition) is 3. The van der Waals surface area contributed by atoms with Gasteiger partial charge in [-0.25, -0.2) is 0 Å². The van der Waals surface area contributed by atoms with Crippen molar-refractivity contribution >= 4 is 23.2 Å². The van der Waals surface area contributed by atoms with Gasteiger partial charge >= 0.3 is 0 Å². The van der Waals surface area contributed by atoms with E-state index in [1.54, 1.807) is 12.1 Å². The number of nitrogens with two attached hydrogens (primary N) is 1. The maximum absolute atomic E-state index is 11.9. The maximum Gasteiger partial charge on any atom is 0.269 e. The summed E-state index contributed by atoms with van der Waals surface area (Å²) in [5.41, 5.74) is 4.56. The third-order valence-electron chi connectivity index (χ3n) is 2.77. The molecule has 0 saturated heterocycles. The number of pyridine rings is 1. The average Bonchev–Trinajstić information content (AvgIpc) is 2.49. The van der Waals surface area contributed by atoms with Crippen molar-refractivity contribution in [3.05, 3.63) is 58.9 Å². The van der Waals surface area contributed by atoms with Crippen molar-refractivity contribution < 1.29 is 4.79 Å². The second kappa shape index (κ2) is 6.88. The smallest absolute Gasteiger partial charge is 0.269 e. The summed E-state index contributed by atoms with van der Waals surface area (Å²) in [5.74, 6) is 5.06. The molecule has 5 nitrogen and oxygen atoms in total. The summed E-state index contributed by atoms with van der Waals surface area (Å²) in [6.45, 7) is 0.530. The predicted molar refractivity (Wildman–Crippen MR) is 79.5 cm³/mol. The Balaban J connectivity index is 1.87. The van der Waals surface area contributed by atoms with E-state index in [2.05, 4.69) is 15.7 Å². The first-order valence-corrected chi connectivity index (χ1v) is 6.52. The van der Waals surface area contributed by atoms with Crippen molar-refractivity contribution in [1.82, 2.24) is 10.3 Å². The molecule has 0 spiro atoms. The molecule has 0 aliphatic carbocycles. The second-order valence-electron chi connectivity index (χ2n) is 4.21. The van der Waals surface area contributed by atoms with Gasteiger partial charge in [-0.3, -0.25) is 15.6 Å². The van der Waals surface area contributed by atoms with Crippen LogP contribution >= 0.6 is 11.6 Å². The lowest BCUT2D eigenvalue weighted by molar-refractivity contribution is 0.0949. The van der Waals surface area contributed by atoms with Gasteiger partial charge in [0.2, 0.25) is 0 Å². The average molecular weight is 291 g/mol. The van der Waals surface area contributed by atoms with Gasteiger partial charge in [-0.1, -0.05) is 23.7 Å². The summed E-state index contributed by atoms with van der Waals surface area (Å²) >= 11 is 5.81. The number of hydrogen-bond acceptors (Lipinski definition) is 4. The summed E-state index contributed by atoms with van der Waals surface area (Å²) < 4.78 is 0. The Hall–Kier alpha value is -2.11. The molecule has 0 unspecified atom stereocenters. The third-order valence-corrected chi connectivity index (χ3v) is 3.02. The van der Waals surface area contributed by atoms with Crippen molar-refractivity contribution in [3.8, 4) is 0 Å². The van der Waals surface area contributed by atoms with Crippen LogP contribution in [0.2, 0.25) is 5.02 Å². The highest BCUT2D eigenvalue weighted by Gasteiger charge is 2.07. The van der Waals surface area contributed by atoms with Crippen molar-refractivity contribution in [2.24, 2.45) is 5.84 Å². The van der Waals surface area contributed by atoms with Crippen LogP contribution in [-0.2, 0) is 6.42 Å². The van der Waals surface area contributed by atoms with E-state index >= 15 is 0 Å². The van der Waals surface area contributed by atoms with Crippen LogP contribution in [0.5, 0.6) is 0 Å². The van der Waals surface area contributed by atoms with Gasteiger partial charge in [-0.15, -0.1) is 0 Å². The monoisotopic (exact) mass is 290 g/mol. The number of hydrazine groups is 1. The van der Waals surface area contributed by atoms with Gasteiger partial charge in [0.15, 0.2) is 0 Å². The lowest BCUT2D eigenvalue weighted by Crippen LogP contribution is -2.26. The van der Waals surface area contributed by atoms with Crippen molar-refractivity contribution in [1.29, 1.82) is 0 Å². The largest absolute Gasteiger partial charge is 0.350 e. The Morgan fingerprint density at radius 1 is 1.25 bits per heavy atom. The SMILES string of the molecule is NNc1ccnc(C(=O)NCCc2ccc(Cl)cc2)c1. The molecule has 2 rings (SSSR count). The number of carbonyl (C=O) groups is 1. The first-order chi connectivity index (χ1) is 9.69. The molecule has 0 radical (unpaired) electrons. The van der Waals surface area contributed by atoms with Crippen LogP contribution in [0.15, 0.2) is 42.6 Å². The molecule has 0 saturated carbocycles. The van der Waals surface area contributed by atoms with Crippen molar-refractivity contribution in [2.75, 3.05) is 12.0 Å². The molecule has 1 heterocycles. The molecule has 0 bridgehead atoms. The maximum atomic E-state index is 11.9. The van der Waals surface area contributed by atoms with E-state index in [-0.39, 0.29) is 5.91 Å². The minimum atomic E-state index is -0.226. The van der Waals surface area contributed by atoms with Gasteiger partial charge in [-0.05, 0) is 36.2 Å². The normalized spacial score (nSPS) is 10.1. The van der Waals surface area contributed by atoms with Crippen molar-refractivity contribution in [3.63, 3.8) is 0 Å². The molecule has 1 amide bonds. The van der Waals surface area contributed by atoms with Gasteiger partial charge in [-0.2, -0.15) is 0 Å². The van der Waals surface area contributed by atoms with Gasteiger partial charge in [0.1, 0.15) is 5.69 Å². The Bertz CT molecular complexity index is 586. The number of halogens is 1. The standard InChI is InChI=1S/C14H15ClN4O/c15-11-3-1-10(2-4-11)5-7-18-14(20)13-9-12(19-16)6-8-17-13/h1-4,6,8-9H,5,7,16H2,(H,17,19)(H,18,20). The van der Waals surface area contributed by atoms with Gasteiger partial charge in [0.05, 0.1) is 5.69 Å². The zero-order valence-electron chi connectivity index (χ0n) is 10.8. The molecule has 0 atom stereocenters. The fraction of sp³-hybridized carbons (Fsp3) is 0.143. The number of rotatable bonds is 5. The van der Waals surface area contributed by atoms with E-state index in [1.807, 2.05) is 24.3 Å². The highest BCUT2D eigenvalue weighted by molar-refractivity contribution is 6.30. The minimum absolute atomic E-state index is 0.226. The van der Waals surface area contributed by atoms with Gasteiger partial charge in [0.25, 0.3) is 5.91 Å². The van der Waals surface area contributed by atoms with Gasteiger partial charge in [0, 0.05) is 17.8 Å². The Morgan fingerprint density at radius 3 is 2.70 bits per heavy atom. The Kier molecular flexibility index (Phi) is 4.92. The van der Waals surface area contributed by atoms with E-state index in [9.17, 15) is 4.79 Å². The molecule has 1 aromatic carbocycles. The van der Waals surface area contributed by atoms with Crippen LogP contribution in [0.4, 0.5) is 5.69 Å². The molecule has 0 fully saturated rings. The molecule has 6 heteroatoms. The zero-order valence-corrected chi connectivity index (χ0v) is 11.5. The fourth-order valence-electron chi connectivity index (χ4n) is 1.71. The lowest BCUT2D eigenvalue weighted by Gasteiger charge is -2.06. The number of nitrogens with zero attached hydrogens (tertiary/aromatic N) is 1. The Morgan fingerprint density at radius 2 is 2.00 bits per heavy atom. The van der Waals surface area contributed by atoms with Crippen LogP contribution in [0.25, 0.3) is 0 Å². The molecule has 104 valence electrons. The lowest BCUT2D eigenvalue weighted by atomic mass is 10.1. The van der Waals surface area contributed by atoms with Crippen LogP contribution in [0, 0.1) is 0 Å². The molecular formula is C14H15ClN4O. The number of benzene rings is 1. The molecule has 2 aromatic rings. The quantitative estimate of drug-likeness (QED) is 0.581. The highest BCUT2D eigenvalue weighted by atomic mass is 35.5. The van der Waals surface area contributed by atoms with E-state index < -0.39 is 0 Å². The summed E-state index contributed by atoms with van der Waals surface area (Å²) in [7, 11) is 0. The number of aromatic nitrogens is 1. The highest BCUT2D eigenvalue weighted by Crippen LogP contribution is 2.10. The number of amides is 1. The Labute approximate surface area is 122 Å². The minimum Gasteiger partial charge on any atom is -0.350 e. The summed E-state index contributed by atoms with van der Waals surface area (Å²) in [6, 6.07) is 10.8.